The van der Waals surface area contributed by atoms with E-state index < -0.39 is 0 Å². The fraction of sp³-hybridized carbons (Fsp3) is 0.357. The third kappa shape index (κ3) is 2.99. The summed E-state index contributed by atoms with van der Waals surface area (Å²) in [5, 5.41) is 4.13. The number of anilines is 2. The number of piperidine rings is 1. The molecule has 6 heteroatoms. The summed E-state index contributed by atoms with van der Waals surface area (Å²) in [4.78, 5) is 14.8. The highest BCUT2D eigenvalue weighted by Crippen LogP contribution is 2.23. The van der Waals surface area contributed by atoms with E-state index in [2.05, 4.69) is 25.2 Å². The van der Waals surface area contributed by atoms with Gasteiger partial charge in [-0.3, -0.25) is 4.98 Å². The van der Waals surface area contributed by atoms with Gasteiger partial charge in [0.2, 0.25) is 5.95 Å². The van der Waals surface area contributed by atoms with E-state index in [4.69, 9.17) is 11.6 Å². The van der Waals surface area contributed by atoms with E-state index in [0.717, 1.165) is 37.6 Å². The molecule has 1 fully saturated rings. The lowest BCUT2D eigenvalue weighted by atomic mass is 10.1. The summed E-state index contributed by atoms with van der Waals surface area (Å²) < 4.78 is 0. The zero-order valence-corrected chi connectivity index (χ0v) is 11.8. The van der Waals surface area contributed by atoms with Crippen LogP contribution in [0, 0.1) is 0 Å². The lowest BCUT2D eigenvalue weighted by Gasteiger charge is -2.33. The van der Waals surface area contributed by atoms with E-state index in [-0.39, 0.29) is 0 Å². The summed E-state index contributed by atoms with van der Waals surface area (Å²) in [6.45, 7) is 1.87. The molecule has 0 bridgehead atoms. The Morgan fingerprint density at radius 1 is 1.25 bits per heavy atom. The Bertz CT molecular complexity index is 563. The van der Waals surface area contributed by atoms with Gasteiger partial charge in [-0.25, -0.2) is 9.97 Å². The summed E-state index contributed by atoms with van der Waals surface area (Å²) in [7, 11) is 0. The lowest BCUT2D eigenvalue weighted by molar-refractivity contribution is 0.523. The van der Waals surface area contributed by atoms with Crippen molar-refractivity contribution in [3.63, 3.8) is 0 Å². The van der Waals surface area contributed by atoms with E-state index in [1.54, 1.807) is 24.8 Å². The van der Waals surface area contributed by atoms with Crippen molar-refractivity contribution in [3.8, 4) is 0 Å². The molecule has 2 aromatic heterocycles. The van der Waals surface area contributed by atoms with Crippen LogP contribution in [0.4, 0.5) is 11.6 Å². The molecular weight excluding hydrogens is 274 g/mol. The summed E-state index contributed by atoms with van der Waals surface area (Å²) in [6, 6.07) is 4.08. The van der Waals surface area contributed by atoms with Crippen molar-refractivity contribution >= 4 is 23.2 Å². The molecule has 1 atom stereocenters. The highest BCUT2D eigenvalue weighted by molar-refractivity contribution is 6.33. The highest BCUT2D eigenvalue weighted by Gasteiger charge is 2.21. The van der Waals surface area contributed by atoms with Crippen molar-refractivity contribution in [2.45, 2.75) is 18.9 Å². The normalized spacial score (nSPS) is 18.9. The summed E-state index contributed by atoms with van der Waals surface area (Å²) in [5.41, 5.74) is 0.933. The number of rotatable bonds is 3. The molecule has 1 unspecified atom stereocenters. The fourth-order valence-electron chi connectivity index (χ4n) is 2.44. The molecular formula is C14H16ClN5. The van der Waals surface area contributed by atoms with Gasteiger partial charge in [-0.2, -0.15) is 0 Å². The molecule has 0 spiro atoms. The summed E-state index contributed by atoms with van der Waals surface area (Å²) in [5.74, 6) is 0.792. The van der Waals surface area contributed by atoms with Crippen molar-refractivity contribution in [2.24, 2.45) is 0 Å². The predicted octanol–water partition coefficient (Wildman–Crippen LogP) is 2.61. The van der Waals surface area contributed by atoms with Crippen LogP contribution < -0.4 is 10.2 Å². The number of hydrogen-bond acceptors (Lipinski definition) is 5. The van der Waals surface area contributed by atoms with E-state index in [0.29, 0.717) is 11.1 Å². The average Bonchev–Trinajstić information content (AvgIpc) is 2.51. The van der Waals surface area contributed by atoms with E-state index in [9.17, 15) is 0 Å². The minimum Gasteiger partial charge on any atom is -0.379 e. The summed E-state index contributed by atoms with van der Waals surface area (Å²) in [6.07, 6.45) is 9.18. The molecule has 1 aliphatic heterocycles. The van der Waals surface area contributed by atoms with Crippen LogP contribution in [0.3, 0.4) is 0 Å². The maximum absolute atomic E-state index is 6.13. The van der Waals surface area contributed by atoms with Crippen LogP contribution in [0.1, 0.15) is 12.8 Å². The molecule has 1 saturated heterocycles. The highest BCUT2D eigenvalue weighted by atomic mass is 35.5. The van der Waals surface area contributed by atoms with Crippen LogP contribution in [-0.4, -0.2) is 34.1 Å². The van der Waals surface area contributed by atoms with Gasteiger partial charge >= 0.3 is 0 Å². The minimum atomic E-state index is 0.340. The zero-order valence-electron chi connectivity index (χ0n) is 11.0. The first kappa shape index (κ1) is 13.1. The molecule has 20 heavy (non-hydrogen) atoms. The van der Waals surface area contributed by atoms with Crippen LogP contribution in [0.15, 0.2) is 36.9 Å². The Labute approximate surface area is 123 Å². The SMILES string of the molecule is Clc1cnccc1NC1CCCN(c2ncccn2)C1. The zero-order chi connectivity index (χ0) is 13.8. The van der Waals surface area contributed by atoms with Crippen LogP contribution in [0.2, 0.25) is 5.02 Å². The van der Waals surface area contributed by atoms with Crippen LogP contribution in [0.25, 0.3) is 0 Å². The van der Waals surface area contributed by atoms with Crippen LogP contribution in [0.5, 0.6) is 0 Å². The molecule has 104 valence electrons. The smallest absolute Gasteiger partial charge is 0.225 e. The molecule has 1 N–H and O–H groups in total. The second kappa shape index (κ2) is 6.05. The predicted molar refractivity (Wildman–Crippen MR) is 80.1 cm³/mol. The van der Waals surface area contributed by atoms with Crippen LogP contribution >= 0.6 is 11.6 Å². The Kier molecular flexibility index (Phi) is 3.97. The van der Waals surface area contributed by atoms with Gasteiger partial charge in [-0.1, -0.05) is 11.6 Å². The van der Waals surface area contributed by atoms with Crippen molar-refractivity contribution < 1.29 is 0 Å². The number of pyridine rings is 1. The van der Waals surface area contributed by atoms with Crippen molar-refractivity contribution in [1.82, 2.24) is 15.0 Å². The molecule has 2 aromatic rings. The standard InChI is InChI=1S/C14H16ClN5/c15-12-9-16-7-4-13(12)19-11-3-1-8-20(10-11)14-17-5-2-6-18-14/h2,4-7,9,11H,1,3,8,10H2,(H,16,19). The van der Waals surface area contributed by atoms with Gasteiger partial charge in [0.05, 0.1) is 10.7 Å². The monoisotopic (exact) mass is 289 g/mol. The third-order valence-electron chi connectivity index (χ3n) is 3.39. The molecule has 3 heterocycles. The fourth-order valence-corrected chi connectivity index (χ4v) is 2.62. The molecule has 0 aromatic carbocycles. The van der Waals surface area contributed by atoms with Crippen molar-refractivity contribution in [2.75, 3.05) is 23.3 Å². The molecule has 0 saturated carbocycles. The van der Waals surface area contributed by atoms with Gasteiger partial charge in [0.15, 0.2) is 0 Å². The van der Waals surface area contributed by atoms with Gasteiger partial charge in [-0.15, -0.1) is 0 Å². The van der Waals surface area contributed by atoms with Gasteiger partial charge in [-0.05, 0) is 25.0 Å². The largest absolute Gasteiger partial charge is 0.379 e. The van der Waals surface area contributed by atoms with Crippen molar-refractivity contribution in [1.29, 1.82) is 0 Å². The molecule has 0 amide bonds. The van der Waals surface area contributed by atoms with E-state index in [1.807, 2.05) is 12.1 Å². The number of aromatic nitrogens is 3. The number of nitrogens with zero attached hydrogens (tertiary/aromatic N) is 4. The minimum absolute atomic E-state index is 0.340. The molecule has 0 radical (unpaired) electrons. The Morgan fingerprint density at radius 3 is 2.90 bits per heavy atom. The number of nitrogens with one attached hydrogen (secondary N) is 1. The van der Waals surface area contributed by atoms with E-state index in [1.165, 1.54) is 0 Å². The first-order valence-corrected chi connectivity index (χ1v) is 7.09. The molecule has 0 aliphatic carbocycles. The van der Waals surface area contributed by atoms with Gasteiger partial charge in [0.25, 0.3) is 0 Å². The molecule has 3 rings (SSSR count). The quantitative estimate of drug-likeness (QED) is 0.941. The first-order chi connectivity index (χ1) is 9.83. The third-order valence-corrected chi connectivity index (χ3v) is 3.69. The average molecular weight is 290 g/mol. The first-order valence-electron chi connectivity index (χ1n) is 6.71. The second-order valence-corrected chi connectivity index (χ2v) is 5.24. The van der Waals surface area contributed by atoms with Gasteiger partial charge in [0, 0.05) is 43.9 Å². The summed E-state index contributed by atoms with van der Waals surface area (Å²) >= 11 is 6.13. The Morgan fingerprint density at radius 2 is 2.10 bits per heavy atom. The molecule has 5 nitrogen and oxygen atoms in total. The van der Waals surface area contributed by atoms with Crippen molar-refractivity contribution in [3.05, 3.63) is 41.9 Å². The Hall–Kier alpha value is -1.88. The maximum atomic E-state index is 6.13. The van der Waals surface area contributed by atoms with E-state index >= 15 is 0 Å². The maximum Gasteiger partial charge on any atom is 0.225 e. The van der Waals surface area contributed by atoms with Gasteiger partial charge in [0.1, 0.15) is 0 Å². The number of hydrogen-bond donors (Lipinski definition) is 1. The van der Waals surface area contributed by atoms with Crippen LogP contribution in [-0.2, 0) is 0 Å². The second-order valence-electron chi connectivity index (χ2n) is 4.83. The number of halogens is 1. The van der Waals surface area contributed by atoms with Gasteiger partial charge < -0.3 is 10.2 Å². The lowest BCUT2D eigenvalue weighted by Crippen LogP contribution is -2.42. The topological polar surface area (TPSA) is 53.9 Å². The molecule has 1 aliphatic rings. The Balaban J connectivity index is 1.68.